The van der Waals surface area contributed by atoms with Crippen LogP contribution in [0.1, 0.15) is 58.3 Å². The highest BCUT2D eigenvalue weighted by atomic mass is 32.2. The molecule has 0 saturated heterocycles. The fourth-order valence-corrected chi connectivity index (χ4v) is 4.57. The molecule has 18 heavy (non-hydrogen) atoms. The Morgan fingerprint density at radius 2 is 1.83 bits per heavy atom. The van der Waals surface area contributed by atoms with Crippen molar-refractivity contribution in [1.29, 1.82) is 0 Å². The molecule has 0 heterocycles. The van der Waals surface area contributed by atoms with Gasteiger partial charge in [0.25, 0.3) is 0 Å². The fraction of sp³-hybridized carbons (Fsp3) is 1.00. The molecule has 0 bridgehead atoms. The van der Waals surface area contributed by atoms with E-state index in [1.165, 1.54) is 6.42 Å². The summed E-state index contributed by atoms with van der Waals surface area (Å²) in [5.41, 5.74) is 5.53. The number of rotatable bonds is 8. The standard InChI is InChI=1S/C13H28N2O2S/c1-2-3-12-18(16,17)15(11-7-10-14)13-8-5-4-6-9-13/h13H,2-12,14H2,1H3. The van der Waals surface area contributed by atoms with Crippen molar-refractivity contribution in [2.75, 3.05) is 18.8 Å². The molecule has 0 aromatic carbocycles. The maximum atomic E-state index is 12.4. The Hall–Kier alpha value is -0.130. The molecule has 0 aliphatic heterocycles. The maximum Gasteiger partial charge on any atom is 0.214 e. The molecule has 0 aromatic rings. The molecule has 1 aliphatic rings. The Kier molecular flexibility index (Phi) is 7.19. The van der Waals surface area contributed by atoms with Gasteiger partial charge in [-0.15, -0.1) is 0 Å². The van der Waals surface area contributed by atoms with Crippen LogP contribution < -0.4 is 5.73 Å². The number of nitrogens with zero attached hydrogens (tertiary/aromatic N) is 1. The van der Waals surface area contributed by atoms with Crippen LogP contribution in [0.15, 0.2) is 0 Å². The largest absolute Gasteiger partial charge is 0.330 e. The first-order valence-electron chi connectivity index (χ1n) is 7.31. The van der Waals surface area contributed by atoms with Gasteiger partial charge in [0.05, 0.1) is 5.75 Å². The van der Waals surface area contributed by atoms with Crippen molar-refractivity contribution in [2.24, 2.45) is 5.73 Å². The monoisotopic (exact) mass is 276 g/mol. The van der Waals surface area contributed by atoms with Crippen LogP contribution >= 0.6 is 0 Å². The molecule has 0 aromatic heterocycles. The first-order chi connectivity index (χ1) is 8.61. The zero-order valence-corrected chi connectivity index (χ0v) is 12.4. The van der Waals surface area contributed by atoms with Crippen molar-refractivity contribution in [3.8, 4) is 0 Å². The van der Waals surface area contributed by atoms with Crippen LogP contribution in [-0.2, 0) is 10.0 Å². The van der Waals surface area contributed by atoms with E-state index in [0.717, 1.165) is 44.9 Å². The number of nitrogens with two attached hydrogens (primary N) is 1. The van der Waals surface area contributed by atoms with Gasteiger partial charge in [-0.05, 0) is 32.2 Å². The minimum atomic E-state index is -3.08. The summed E-state index contributed by atoms with van der Waals surface area (Å²) in [6, 6.07) is 0.229. The van der Waals surface area contributed by atoms with Crippen LogP contribution in [0.2, 0.25) is 0 Å². The van der Waals surface area contributed by atoms with Gasteiger partial charge in [-0.3, -0.25) is 0 Å². The Bertz CT molecular complexity index is 311. The summed E-state index contributed by atoms with van der Waals surface area (Å²) in [7, 11) is -3.08. The van der Waals surface area contributed by atoms with Crippen LogP contribution in [0, 0.1) is 0 Å². The van der Waals surface area contributed by atoms with Gasteiger partial charge >= 0.3 is 0 Å². The first kappa shape index (κ1) is 15.9. The van der Waals surface area contributed by atoms with Crippen LogP contribution in [0.5, 0.6) is 0 Å². The lowest BCUT2D eigenvalue weighted by Crippen LogP contribution is -2.43. The van der Waals surface area contributed by atoms with E-state index in [0.29, 0.717) is 18.8 Å². The summed E-state index contributed by atoms with van der Waals surface area (Å²) in [6.45, 7) is 3.19. The van der Waals surface area contributed by atoms with E-state index in [4.69, 9.17) is 5.73 Å². The van der Waals surface area contributed by atoms with Crippen molar-refractivity contribution in [1.82, 2.24) is 4.31 Å². The lowest BCUT2D eigenvalue weighted by Gasteiger charge is -2.33. The van der Waals surface area contributed by atoms with Gasteiger partial charge in [-0.1, -0.05) is 32.6 Å². The highest BCUT2D eigenvalue weighted by molar-refractivity contribution is 7.89. The van der Waals surface area contributed by atoms with Crippen molar-refractivity contribution in [2.45, 2.75) is 64.3 Å². The predicted octanol–water partition coefficient (Wildman–Crippen LogP) is 2.10. The lowest BCUT2D eigenvalue weighted by atomic mass is 9.95. The van der Waals surface area contributed by atoms with Crippen LogP contribution in [-0.4, -0.2) is 37.6 Å². The summed E-state index contributed by atoms with van der Waals surface area (Å²) >= 11 is 0. The van der Waals surface area contributed by atoms with Crippen LogP contribution in [0.4, 0.5) is 0 Å². The van der Waals surface area contributed by atoms with Gasteiger partial charge in [-0.25, -0.2) is 8.42 Å². The topological polar surface area (TPSA) is 63.4 Å². The maximum absolute atomic E-state index is 12.4. The van der Waals surface area contributed by atoms with Crippen LogP contribution in [0.3, 0.4) is 0 Å². The molecule has 0 spiro atoms. The molecule has 4 nitrogen and oxygen atoms in total. The highest BCUT2D eigenvalue weighted by Gasteiger charge is 2.29. The summed E-state index contributed by atoms with van der Waals surface area (Å²) in [5, 5.41) is 0. The normalized spacial score (nSPS) is 18.4. The lowest BCUT2D eigenvalue weighted by molar-refractivity contribution is 0.252. The second kappa shape index (κ2) is 8.12. The SMILES string of the molecule is CCCCS(=O)(=O)N(CCCN)C1CCCCC1. The Labute approximate surface area is 112 Å². The Balaban J connectivity index is 2.68. The molecule has 1 fully saturated rings. The average Bonchev–Trinajstić information content (AvgIpc) is 2.38. The molecule has 1 saturated carbocycles. The van der Waals surface area contributed by atoms with E-state index in [2.05, 4.69) is 0 Å². The van der Waals surface area contributed by atoms with E-state index < -0.39 is 10.0 Å². The molecular formula is C13H28N2O2S. The van der Waals surface area contributed by atoms with Gasteiger partial charge in [0, 0.05) is 12.6 Å². The summed E-state index contributed by atoms with van der Waals surface area (Å²) in [4.78, 5) is 0. The Morgan fingerprint density at radius 1 is 1.17 bits per heavy atom. The van der Waals surface area contributed by atoms with Gasteiger partial charge in [0.15, 0.2) is 0 Å². The minimum absolute atomic E-state index is 0.229. The smallest absolute Gasteiger partial charge is 0.214 e. The average molecular weight is 276 g/mol. The van der Waals surface area contributed by atoms with E-state index in [1.54, 1.807) is 4.31 Å². The second-order valence-electron chi connectivity index (χ2n) is 5.21. The van der Waals surface area contributed by atoms with Gasteiger partial charge < -0.3 is 5.73 Å². The van der Waals surface area contributed by atoms with Crippen molar-refractivity contribution < 1.29 is 8.42 Å². The third-order valence-electron chi connectivity index (χ3n) is 3.68. The molecule has 5 heteroatoms. The van der Waals surface area contributed by atoms with Crippen molar-refractivity contribution in [3.05, 3.63) is 0 Å². The molecular weight excluding hydrogens is 248 g/mol. The zero-order chi connectivity index (χ0) is 13.4. The molecule has 0 unspecified atom stereocenters. The predicted molar refractivity (Wildman–Crippen MR) is 75.9 cm³/mol. The molecule has 108 valence electrons. The number of unbranched alkanes of at least 4 members (excludes halogenated alkanes) is 1. The van der Waals surface area contributed by atoms with Gasteiger partial charge in [0.1, 0.15) is 0 Å². The third-order valence-corrected chi connectivity index (χ3v) is 5.68. The molecule has 2 N–H and O–H groups in total. The van der Waals surface area contributed by atoms with Crippen LogP contribution in [0.25, 0.3) is 0 Å². The third kappa shape index (κ3) is 4.86. The molecule has 0 radical (unpaired) electrons. The number of hydrogen-bond donors (Lipinski definition) is 1. The van der Waals surface area contributed by atoms with Crippen molar-refractivity contribution >= 4 is 10.0 Å². The minimum Gasteiger partial charge on any atom is -0.330 e. The summed E-state index contributed by atoms with van der Waals surface area (Å²) < 4.78 is 26.5. The summed E-state index contributed by atoms with van der Waals surface area (Å²) in [5.74, 6) is 0.296. The highest BCUT2D eigenvalue weighted by Crippen LogP contribution is 2.25. The van der Waals surface area contributed by atoms with E-state index >= 15 is 0 Å². The van der Waals surface area contributed by atoms with Gasteiger partial charge in [0.2, 0.25) is 10.0 Å². The summed E-state index contributed by atoms with van der Waals surface area (Å²) in [6.07, 6.45) is 8.06. The van der Waals surface area contributed by atoms with E-state index in [-0.39, 0.29) is 6.04 Å². The number of hydrogen-bond acceptors (Lipinski definition) is 3. The van der Waals surface area contributed by atoms with E-state index in [9.17, 15) is 8.42 Å². The molecule has 1 aliphatic carbocycles. The van der Waals surface area contributed by atoms with Crippen molar-refractivity contribution in [3.63, 3.8) is 0 Å². The molecule has 0 atom stereocenters. The first-order valence-corrected chi connectivity index (χ1v) is 8.92. The second-order valence-corrected chi connectivity index (χ2v) is 7.26. The zero-order valence-electron chi connectivity index (χ0n) is 11.6. The van der Waals surface area contributed by atoms with Gasteiger partial charge in [-0.2, -0.15) is 4.31 Å². The molecule has 0 amide bonds. The molecule has 1 rings (SSSR count). The fourth-order valence-electron chi connectivity index (χ4n) is 2.61. The Morgan fingerprint density at radius 3 is 2.39 bits per heavy atom. The van der Waals surface area contributed by atoms with E-state index in [1.807, 2.05) is 6.92 Å². The number of sulfonamides is 1. The quantitative estimate of drug-likeness (QED) is 0.738.